The van der Waals surface area contributed by atoms with E-state index in [4.69, 9.17) is 14.6 Å². The van der Waals surface area contributed by atoms with E-state index in [1.807, 2.05) is 31.2 Å². The van der Waals surface area contributed by atoms with Gasteiger partial charge in [-0.3, -0.25) is 9.59 Å². The van der Waals surface area contributed by atoms with Gasteiger partial charge < -0.3 is 19.9 Å². The summed E-state index contributed by atoms with van der Waals surface area (Å²) in [5.41, 5.74) is 1.85. The van der Waals surface area contributed by atoms with E-state index in [1.165, 1.54) is 6.07 Å². The first kappa shape index (κ1) is 16.3. The van der Waals surface area contributed by atoms with Crippen LogP contribution in [0.3, 0.4) is 0 Å². The van der Waals surface area contributed by atoms with Crippen LogP contribution in [0.2, 0.25) is 0 Å². The number of carbonyl (C=O) groups excluding carboxylic acids is 1. The molecular formula is C16H15NO6. The molecule has 1 atom stereocenters. The number of hydrogen-bond acceptors (Lipinski definition) is 4. The van der Waals surface area contributed by atoms with E-state index in [-0.39, 0.29) is 5.76 Å². The maximum atomic E-state index is 12.0. The van der Waals surface area contributed by atoms with Crippen LogP contribution in [0.5, 0.6) is 0 Å². The Bertz CT molecular complexity index is 731. The van der Waals surface area contributed by atoms with Crippen molar-refractivity contribution in [2.45, 2.75) is 19.4 Å². The Labute approximate surface area is 131 Å². The van der Waals surface area contributed by atoms with Crippen LogP contribution in [0, 0.1) is 6.92 Å². The zero-order valence-corrected chi connectivity index (χ0v) is 12.3. The number of aliphatic carboxylic acids is 2. The Morgan fingerprint density at radius 3 is 2.30 bits per heavy atom. The molecule has 2 aromatic rings. The van der Waals surface area contributed by atoms with Gasteiger partial charge in [0.15, 0.2) is 5.76 Å². The molecule has 0 fully saturated rings. The number of benzene rings is 1. The van der Waals surface area contributed by atoms with Gasteiger partial charge in [0.2, 0.25) is 0 Å². The zero-order chi connectivity index (χ0) is 17.0. The summed E-state index contributed by atoms with van der Waals surface area (Å²) in [7, 11) is 0. The number of hydrogen-bond donors (Lipinski definition) is 3. The molecule has 1 amide bonds. The summed E-state index contributed by atoms with van der Waals surface area (Å²) >= 11 is 0. The van der Waals surface area contributed by atoms with Crippen molar-refractivity contribution in [3.8, 4) is 11.3 Å². The quantitative estimate of drug-likeness (QED) is 0.749. The van der Waals surface area contributed by atoms with Crippen molar-refractivity contribution in [2.75, 3.05) is 0 Å². The van der Waals surface area contributed by atoms with Crippen molar-refractivity contribution < 1.29 is 29.0 Å². The normalized spacial score (nSPS) is 11.7. The van der Waals surface area contributed by atoms with Gasteiger partial charge in [0.1, 0.15) is 11.8 Å². The molecule has 0 aliphatic rings. The molecule has 0 saturated heterocycles. The van der Waals surface area contributed by atoms with Gasteiger partial charge >= 0.3 is 11.9 Å². The van der Waals surface area contributed by atoms with E-state index >= 15 is 0 Å². The van der Waals surface area contributed by atoms with Crippen LogP contribution in [0.1, 0.15) is 22.5 Å². The summed E-state index contributed by atoms with van der Waals surface area (Å²) in [6, 6.07) is 8.93. The first-order chi connectivity index (χ1) is 10.9. The lowest BCUT2D eigenvalue weighted by atomic mass is 10.1. The number of amides is 1. The minimum Gasteiger partial charge on any atom is -0.481 e. The zero-order valence-electron chi connectivity index (χ0n) is 12.3. The summed E-state index contributed by atoms with van der Waals surface area (Å²) in [6.45, 7) is 1.94. The van der Waals surface area contributed by atoms with Crippen molar-refractivity contribution in [1.82, 2.24) is 5.32 Å². The van der Waals surface area contributed by atoms with Crippen LogP contribution < -0.4 is 5.32 Å². The predicted molar refractivity (Wildman–Crippen MR) is 80.0 cm³/mol. The first-order valence-corrected chi connectivity index (χ1v) is 6.79. The molecule has 23 heavy (non-hydrogen) atoms. The second-order valence-electron chi connectivity index (χ2n) is 4.99. The number of nitrogens with one attached hydrogen (secondary N) is 1. The third-order valence-corrected chi connectivity index (χ3v) is 3.15. The first-order valence-electron chi connectivity index (χ1n) is 6.79. The highest BCUT2D eigenvalue weighted by atomic mass is 16.4. The number of carboxylic acids is 2. The third kappa shape index (κ3) is 4.19. The van der Waals surface area contributed by atoms with Gasteiger partial charge in [-0.1, -0.05) is 29.8 Å². The molecule has 7 heteroatoms. The lowest BCUT2D eigenvalue weighted by Crippen LogP contribution is -2.42. The Morgan fingerprint density at radius 1 is 1.09 bits per heavy atom. The largest absolute Gasteiger partial charge is 0.481 e. The molecule has 120 valence electrons. The molecule has 1 heterocycles. The maximum absolute atomic E-state index is 12.0. The average molecular weight is 317 g/mol. The van der Waals surface area contributed by atoms with Gasteiger partial charge in [0.25, 0.3) is 5.91 Å². The third-order valence-electron chi connectivity index (χ3n) is 3.15. The Balaban J connectivity index is 2.12. The van der Waals surface area contributed by atoms with Crippen LogP contribution in [-0.2, 0) is 9.59 Å². The van der Waals surface area contributed by atoms with Gasteiger partial charge in [-0.2, -0.15) is 0 Å². The maximum Gasteiger partial charge on any atom is 0.326 e. The molecule has 7 nitrogen and oxygen atoms in total. The number of furan rings is 1. The minimum absolute atomic E-state index is 0.0859. The van der Waals surface area contributed by atoms with Crippen LogP contribution in [-0.4, -0.2) is 34.1 Å². The molecule has 0 aliphatic carbocycles. The Hall–Kier alpha value is -3.09. The molecule has 0 radical (unpaired) electrons. The second-order valence-corrected chi connectivity index (χ2v) is 4.99. The standard InChI is InChI=1S/C16H15NO6/c1-9-2-4-10(5-3-9)12-6-7-13(23-12)15(20)17-11(16(21)22)8-14(18)19/h2-7,11H,8H2,1H3,(H,17,20)(H,18,19)(H,21,22)/t11-/m0/s1. The molecule has 0 saturated carbocycles. The molecule has 0 aliphatic heterocycles. The van der Waals surface area contributed by atoms with Gasteiger partial charge in [-0.05, 0) is 19.1 Å². The number of rotatable bonds is 6. The SMILES string of the molecule is Cc1ccc(-c2ccc(C(=O)N[C@@H](CC(=O)O)C(=O)O)o2)cc1. The van der Waals surface area contributed by atoms with Crippen molar-refractivity contribution >= 4 is 17.8 Å². The van der Waals surface area contributed by atoms with E-state index in [1.54, 1.807) is 6.07 Å². The van der Waals surface area contributed by atoms with E-state index in [2.05, 4.69) is 5.32 Å². The molecule has 3 N–H and O–H groups in total. The van der Waals surface area contributed by atoms with Crippen molar-refractivity contribution in [1.29, 1.82) is 0 Å². The molecule has 2 rings (SSSR count). The number of carboxylic acid groups (broad SMARTS) is 2. The monoisotopic (exact) mass is 317 g/mol. The summed E-state index contributed by atoms with van der Waals surface area (Å²) < 4.78 is 5.40. The Kier molecular flexibility index (Phi) is 4.80. The fourth-order valence-corrected chi connectivity index (χ4v) is 1.94. The van der Waals surface area contributed by atoms with Gasteiger partial charge in [-0.15, -0.1) is 0 Å². The van der Waals surface area contributed by atoms with E-state index in [0.29, 0.717) is 5.76 Å². The average Bonchev–Trinajstić information content (AvgIpc) is 2.96. The van der Waals surface area contributed by atoms with Gasteiger partial charge in [-0.25, -0.2) is 4.79 Å². The van der Waals surface area contributed by atoms with Crippen LogP contribution in [0.25, 0.3) is 11.3 Å². The lowest BCUT2D eigenvalue weighted by molar-refractivity contribution is -0.145. The minimum atomic E-state index is -1.52. The summed E-state index contributed by atoms with van der Waals surface area (Å²) in [5, 5.41) is 19.7. The number of carbonyl (C=O) groups is 3. The topological polar surface area (TPSA) is 117 Å². The fraction of sp³-hybridized carbons (Fsp3) is 0.188. The summed E-state index contributed by atoms with van der Waals surface area (Å²) in [5.74, 6) is -3.15. The molecule has 0 spiro atoms. The van der Waals surface area contributed by atoms with Gasteiger partial charge in [0.05, 0.1) is 6.42 Å². The fourth-order valence-electron chi connectivity index (χ4n) is 1.94. The Morgan fingerprint density at radius 2 is 1.74 bits per heavy atom. The highest BCUT2D eigenvalue weighted by molar-refractivity contribution is 5.95. The second kappa shape index (κ2) is 6.78. The van der Waals surface area contributed by atoms with Crippen molar-refractivity contribution in [3.63, 3.8) is 0 Å². The van der Waals surface area contributed by atoms with Crippen LogP contribution >= 0.6 is 0 Å². The van der Waals surface area contributed by atoms with E-state index in [9.17, 15) is 14.4 Å². The smallest absolute Gasteiger partial charge is 0.326 e. The number of aryl methyl sites for hydroxylation is 1. The molecular weight excluding hydrogens is 302 g/mol. The van der Waals surface area contributed by atoms with Crippen LogP contribution in [0.4, 0.5) is 0 Å². The highest BCUT2D eigenvalue weighted by Crippen LogP contribution is 2.22. The molecule has 1 aromatic carbocycles. The highest BCUT2D eigenvalue weighted by Gasteiger charge is 2.25. The van der Waals surface area contributed by atoms with E-state index in [0.717, 1.165) is 11.1 Å². The van der Waals surface area contributed by atoms with E-state index < -0.39 is 30.3 Å². The molecule has 1 aromatic heterocycles. The lowest BCUT2D eigenvalue weighted by Gasteiger charge is -2.10. The van der Waals surface area contributed by atoms with Crippen LogP contribution in [0.15, 0.2) is 40.8 Å². The summed E-state index contributed by atoms with van der Waals surface area (Å²) in [6.07, 6.45) is -0.716. The summed E-state index contributed by atoms with van der Waals surface area (Å²) in [4.78, 5) is 33.5. The van der Waals surface area contributed by atoms with Gasteiger partial charge in [0, 0.05) is 5.56 Å². The molecule has 0 unspecified atom stereocenters. The van der Waals surface area contributed by atoms with Crippen molar-refractivity contribution in [2.24, 2.45) is 0 Å². The van der Waals surface area contributed by atoms with Crippen molar-refractivity contribution in [3.05, 3.63) is 47.7 Å². The molecule has 0 bridgehead atoms. The predicted octanol–water partition coefficient (Wildman–Crippen LogP) is 1.91.